The highest BCUT2D eigenvalue weighted by Crippen LogP contribution is 2.61. The third kappa shape index (κ3) is 3.09. The first kappa shape index (κ1) is 21.6. The second-order valence-electron chi connectivity index (χ2n) is 9.43. The Kier molecular flexibility index (Phi) is 4.78. The predicted molar refractivity (Wildman–Crippen MR) is 145 cm³/mol. The average molecular weight is 481 g/mol. The van der Waals surface area contributed by atoms with Crippen LogP contribution in [0.3, 0.4) is 0 Å². The number of fused-ring (bicyclic) bond motifs is 9. The second kappa shape index (κ2) is 8.19. The second-order valence-corrected chi connectivity index (χ2v) is 9.43. The van der Waals surface area contributed by atoms with Gasteiger partial charge in [0.1, 0.15) is 11.5 Å². The molecule has 0 saturated heterocycles. The molecule has 5 aromatic rings. The summed E-state index contributed by atoms with van der Waals surface area (Å²) in [6, 6.07) is 40.8. The van der Waals surface area contributed by atoms with E-state index >= 15 is 0 Å². The molecule has 1 aliphatic carbocycles. The Morgan fingerprint density at radius 1 is 0.649 bits per heavy atom. The molecule has 1 unspecified atom stereocenters. The molecular formula is C33H24N2O2. The number of hydrogen-bond donors (Lipinski definition) is 2. The third-order valence-electron chi connectivity index (χ3n) is 7.48. The molecule has 0 saturated carbocycles. The first-order valence-electron chi connectivity index (χ1n) is 12.4. The van der Waals surface area contributed by atoms with Gasteiger partial charge in [-0.15, -0.1) is 0 Å². The van der Waals surface area contributed by atoms with E-state index in [4.69, 9.17) is 20.6 Å². The molecule has 1 aliphatic heterocycles. The third-order valence-corrected chi connectivity index (χ3v) is 7.48. The van der Waals surface area contributed by atoms with E-state index in [0.717, 1.165) is 28.2 Å². The van der Waals surface area contributed by atoms with Gasteiger partial charge in [-0.05, 0) is 46.5 Å². The molecule has 2 aliphatic rings. The van der Waals surface area contributed by atoms with Crippen molar-refractivity contribution in [2.75, 3.05) is 0 Å². The maximum Gasteiger partial charge on any atom is 0.215 e. The minimum absolute atomic E-state index is 0.0210. The van der Waals surface area contributed by atoms with E-state index < -0.39 is 11.6 Å². The van der Waals surface area contributed by atoms with Crippen molar-refractivity contribution in [1.29, 1.82) is 5.41 Å². The van der Waals surface area contributed by atoms with Crippen molar-refractivity contribution < 1.29 is 9.47 Å². The fraction of sp³-hybridized carbons (Fsp3) is 0.0606. The smallest absolute Gasteiger partial charge is 0.215 e. The highest BCUT2D eigenvalue weighted by atomic mass is 16.5. The van der Waals surface area contributed by atoms with Gasteiger partial charge in [-0.1, -0.05) is 97.1 Å². The van der Waals surface area contributed by atoms with Gasteiger partial charge in [-0.25, -0.2) is 0 Å². The Morgan fingerprint density at radius 2 is 1.22 bits per heavy atom. The van der Waals surface area contributed by atoms with Crippen molar-refractivity contribution in [3.63, 3.8) is 0 Å². The van der Waals surface area contributed by atoms with Crippen LogP contribution in [-0.2, 0) is 10.2 Å². The maximum atomic E-state index is 8.78. The molecule has 5 aromatic carbocycles. The van der Waals surface area contributed by atoms with Gasteiger partial charge in [0.2, 0.25) is 5.90 Å². The van der Waals surface area contributed by atoms with Crippen LogP contribution in [0.4, 0.5) is 0 Å². The zero-order valence-electron chi connectivity index (χ0n) is 20.0. The van der Waals surface area contributed by atoms with Gasteiger partial charge in [-0.2, -0.15) is 0 Å². The van der Waals surface area contributed by atoms with E-state index in [2.05, 4.69) is 60.7 Å². The average Bonchev–Trinajstić information content (AvgIpc) is 3.25. The normalized spacial score (nSPS) is 14.5. The molecule has 1 spiro atoms. The highest BCUT2D eigenvalue weighted by molar-refractivity contribution is 5.94. The van der Waals surface area contributed by atoms with E-state index in [1.165, 1.54) is 22.3 Å². The minimum Gasteiger partial charge on any atom is -0.457 e. The summed E-state index contributed by atoms with van der Waals surface area (Å²) in [7, 11) is 0. The number of hydrogen-bond acceptors (Lipinski definition) is 4. The van der Waals surface area contributed by atoms with E-state index in [9.17, 15) is 0 Å². The van der Waals surface area contributed by atoms with Crippen molar-refractivity contribution >= 4 is 5.90 Å². The lowest BCUT2D eigenvalue weighted by molar-refractivity contribution is 0.199. The molecule has 178 valence electrons. The number of benzene rings is 5. The molecule has 0 fully saturated rings. The molecule has 1 atom stereocenters. The van der Waals surface area contributed by atoms with Crippen LogP contribution in [-0.4, -0.2) is 5.90 Å². The van der Waals surface area contributed by atoms with Crippen LogP contribution in [0.2, 0.25) is 0 Å². The molecule has 4 nitrogen and oxygen atoms in total. The van der Waals surface area contributed by atoms with Crippen LogP contribution in [0.1, 0.15) is 39.6 Å². The summed E-state index contributed by atoms with van der Waals surface area (Å²) >= 11 is 0. The fourth-order valence-corrected chi connectivity index (χ4v) is 5.90. The summed E-state index contributed by atoms with van der Waals surface area (Å²) in [5, 5.41) is 8.78. The van der Waals surface area contributed by atoms with Gasteiger partial charge in [0.25, 0.3) is 0 Å². The number of rotatable bonds is 3. The van der Waals surface area contributed by atoms with Gasteiger partial charge in [-0.3, -0.25) is 11.1 Å². The van der Waals surface area contributed by atoms with E-state index in [1.807, 2.05) is 60.7 Å². The van der Waals surface area contributed by atoms with Gasteiger partial charge in [0.05, 0.1) is 5.41 Å². The SMILES string of the molecule is N=C(OC(N)c1ccccc1)c1ccc2c(c1)C1(c3ccccc3O2)c2ccccc2-c2ccccc21. The molecule has 0 bridgehead atoms. The maximum absolute atomic E-state index is 8.78. The Hall–Kier alpha value is -4.67. The van der Waals surface area contributed by atoms with Crippen LogP contribution in [0.15, 0.2) is 121 Å². The quantitative estimate of drug-likeness (QED) is 0.160. The van der Waals surface area contributed by atoms with Gasteiger partial charge in [0.15, 0.2) is 6.23 Å². The zero-order chi connectivity index (χ0) is 25.0. The molecule has 7 rings (SSSR count). The summed E-state index contributed by atoms with van der Waals surface area (Å²) in [6.07, 6.45) is -0.733. The lowest BCUT2D eigenvalue weighted by atomic mass is 9.66. The highest BCUT2D eigenvalue weighted by Gasteiger charge is 2.51. The van der Waals surface area contributed by atoms with Crippen molar-refractivity contribution in [2.45, 2.75) is 11.6 Å². The molecule has 4 heteroatoms. The van der Waals surface area contributed by atoms with Crippen molar-refractivity contribution in [3.8, 4) is 22.6 Å². The van der Waals surface area contributed by atoms with Crippen molar-refractivity contribution in [2.24, 2.45) is 5.73 Å². The first-order valence-corrected chi connectivity index (χ1v) is 12.4. The standard InChI is InChI=1S/C33H24N2O2/c34-31(21-10-2-1-3-11-21)37-32(35)22-18-19-30-28(20-22)33(27-16-8-9-17-29(27)36-30)25-14-6-4-12-23(25)24-13-5-7-15-26(24)33/h1-20,31,35H,34H2. The molecule has 0 aromatic heterocycles. The monoisotopic (exact) mass is 480 g/mol. The Morgan fingerprint density at radius 3 is 1.92 bits per heavy atom. The van der Waals surface area contributed by atoms with Crippen LogP contribution in [0.5, 0.6) is 11.5 Å². The zero-order valence-corrected chi connectivity index (χ0v) is 20.0. The predicted octanol–water partition coefficient (Wildman–Crippen LogP) is 7.15. The first-order chi connectivity index (χ1) is 18.2. The van der Waals surface area contributed by atoms with E-state index in [-0.39, 0.29) is 5.90 Å². The summed E-state index contributed by atoms with van der Waals surface area (Å²) < 4.78 is 12.3. The van der Waals surface area contributed by atoms with Crippen LogP contribution >= 0.6 is 0 Å². The summed E-state index contributed by atoms with van der Waals surface area (Å²) in [5.74, 6) is 1.63. The Labute approximate surface area is 215 Å². The molecule has 1 heterocycles. The summed E-state index contributed by atoms with van der Waals surface area (Å²) in [6.45, 7) is 0. The Balaban J connectivity index is 1.43. The van der Waals surface area contributed by atoms with Crippen molar-refractivity contribution in [3.05, 3.63) is 155 Å². The van der Waals surface area contributed by atoms with E-state index in [1.54, 1.807) is 0 Å². The number of nitrogens with two attached hydrogens (primary N) is 1. The van der Waals surface area contributed by atoms with Crippen LogP contribution in [0.25, 0.3) is 11.1 Å². The summed E-state index contributed by atoms with van der Waals surface area (Å²) in [4.78, 5) is 0. The molecule has 37 heavy (non-hydrogen) atoms. The largest absolute Gasteiger partial charge is 0.457 e. The number of para-hydroxylation sites is 1. The Bertz CT molecular complexity index is 1630. The number of nitrogens with one attached hydrogen (secondary N) is 1. The fourth-order valence-electron chi connectivity index (χ4n) is 5.90. The van der Waals surface area contributed by atoms with Gasteiger partial charge >= 0.3 is 0 Å². The lowest BCUT2D eigenvalue weighted by Gasteiger charge is -2.39. The van der Waals surface area contributed by atoms with Crippen LogP contribution in [0, 0.1) is 5.41 Å². The summed E-state index contributed by atoms with van der Waals surface area (Å²) in [5.41, 5.74) is 14.1. The topological polar surface area (TPSA) is 68.3 Å². The van der Waals surface area contributed by atoms with E-state index in [0.29, 0.717) is 5.56 Å². The molecular weight excluding hydrogens is 456 g/mol. The van der Waals surface area contributed by atoms with Crippen molar-refractivity contribution in [1.82, 2.24) is 0 Å². The molecule has 3 N–H and O–H groups in total. The van der Waals surface area contributed by atoms with Crippen LogP contribution < -0.4 is 10.5 Å². The lowest BCUT2D eigenvalue weighted by Crippen LogP contribution is -2.32. The minimum atomic E-state index is -0.733. The number of ether oxygens (including phenoxy) is 2. The molecule has 0 amide bonds. The van der Waals surface area contributed by atoms with Gasteiger partial charge in [0, 0.05) is 22.3 Å². The van der Waals surface area contributed by atoms with Gasteiger partial charge < -0.3 is 9.47 Å². The molecule has 0 radical (unpaired) electrons.